The molecule has 1 N–H and O–H groups in total. The highest BCUT2D eigenvalue weighted by Gasteiger charge is 2.12. The summed E-state index contributed by atoms with van der Waals surface area (Å²) < 4.78 is 0. The molecule has 0 bridgehead atoms. The van der Waals surface area contributed by atoms with Gasteiger partial charge in [-0.3, -0.25) is 9.59 Å². The third kappa shape index (κ3) is 5.88. The van der Waals surface area contributed by atoms with Crippen molar-refractivity contribution in [1.82, 2.24) is 10.2 Å². The Hall–Kier alpha value is -1.82. The quantitative estimate of drug-likeness (QED) is 0.560. The van der Waals surface area contributed by atoms with Crippen LogP contribution in [0.2, 0.25) is 10.0 Å². The van der Waals surface area contributed by atoms with Gasteiger partial charge in [0.2, 0.25) is 0 Å². The van der Waals surface area contributed by atoms with Crippen LogP contribution in [-0.2, 0) is 6.42 Å². The van der Waals surface area contributed by atoms with Crippen LogP contribution in [0.15, 0.2) is 42.6 Å². The van der Waals surface area contributed by atoms with Gasteiger partial charge in [0.1, 0.15) is 0 Å². The first-order chi connectivity index (χ1) is 11.9. The first-order valence-corrected chi connectivity index (χ1v) is 9.15. The molecule has 0 aliphatic rings. The number of nitrogens with zero attached hydrogens (tertiary/aromatic N) is 1. The molecule has 132 valence electrons. The molecule has 0 spiro atoms. The van der Waals surface area contributed by atoms with E-state index in [2.05, 4.69) is 5.32 Å². The summed E-state index contributed by atoms with van der Waals surface area (Å²) in [6.45, 7) is 0.446. The lowest BCUT2D eigenvalue weighted by Gasteiger charge is -2.06. The summed E-state index contributed by atoms with van der Waals surface area (Å²) in [6, 6.07) is 8.61. The fourth-order valence-electron chi connectivity index (χ4n) is 2.01. The molecule has 0 fully saturated rings. The average Bonchev–Trinajstić information content (AvgIpc) is 3.04. The molecule has 1 heterocycles. The van der Waals surface area contributed by atoms with Gasteiger partial charge in [0.05, 0.1) is 9.75 Å². The maximum absolute atomic E-state index is 12.2. The smallest absolute Gasteiger partial charge is 0.261 e. The zero-order valence-corrected chi connectivity index (χ0v) is 16.2. The van der Waals surface area contributed by atoms with Crippen LogP contribution in [0.4, 0.5) is 0 Å². The SMILES string of the molecule is CN(C)C=CC(=O)c1ccc(C(=O)NCCc2ccc(Cl)cc2Cl)s1. The summed E-state index contributed by atoms with van der Waals surface area (Å²) in [5.74, 6) is -0.323. The van der Waals surface area contributed by atoms with Gasteiger partial charge >= 0.3 is 0 Å². The molecule has 0 aliphatic carbocycles. The Kier molecular flexibility index (Phi) is 7.05. The molecule has 0 atom stereocenters. The second-order valence-corrected chi connectivity index (χ2v) is 7.48. The first-order valence-electron chi connectivity index (χ1n) is 7.57. The number of nitrogens with one attached hydrogen (secondary N) is 1. The second kappa shape index (κ2) is 9.04. The normalized spacial score (nSPS) is 10.9. The minimum atomic E-state index is -0.203. The van der Waals surface area contributed by atoms with Crippen LogP contribution in [0.5, 0.6) is 0 Å². The van der Waals surface area contributed by atoms with E-state index >= 15 is 0 Å². The van der Waals surface area contributed by atoms with Crippen molar-refractivity contribution in [2.45, 2.75) is 6.42 Å². The highest BCUT2D eigenvalue weighted by Crippen LogP contribution is 2.21. The van der Waals surface area contributed by atoms with Gasteiger partial charge in [-0.05, 0) is 36.2 Å². The molecule has 7 heteroatoms. The number of halogens is 2. The van der Waals surface area contributed by atoms with E-state index in [4.69, 9.17) is 23.2 Å². The monoisotopic (exact) mass is 396 g/mol. The number of rotatable bonds is 7. The van der Waals surface area contributed by atoms with Crippen molar-refractivity contribution in [3.05, 3.63) is 68.0 Å². The maximum atomic E-state index is 12.2. The zero-order chi connectivity index (χ0) is 18.4. The van der Waals surface area contributed by atoms with Gasteiger partial charge in [0.25, 0.3) is 5.91 Å². The Morgan fingerprint density at radius 3 is 2.56 bits per heavy atom. The summed E-state index contributed by atoms with van der Waals surface area (Å²) in [4.78, 5) is 27.0. The zero-order valence-electron chi connectivity index (χ0n) is 13.9. The molecule has 4 nitrogen and oxygen atoms in total. The Morgan fingerprint density at radius 2 is 1.88 bits per heavy atom. The van der Waals surface area contributed by atoms with E-state index in [-0.39, 0.29) is 11.7 Å². The van der Waals surface area contributed by atoms with Crippen molar-refractivity contribution in [2.75, 3.05) is 20.6 Å². The van der Waals surface area contributed by atoms with Crippen molar-refractivity contribution in [3.63, 3.8) is 0 Å². The van der Waals surface area contributed by atoms with Crippen LogP contribution in [0, 0.1) is 0 Å². The molecule has 0 saturated carbocycles. The number of ketones is 1. The van der Waals surface area contributed by atoms with Gasteiger partial charge in [-0.15, -0.1) is 11.3 Å². The van der Waals surface area contributed by atoms with E-state index in [1.807, 2.05) is 20.2 Å². The summed E-state index contributed by atoms with van der Waals surface area (Å²) in [5.41, 5.74) is 0.919. The van der Waals surface area contributed by atoms with Crippen molar-refractivity contribution in [2.24, 2.45) is 0 Å². The number of carbonyl (C=O) groups excluding carboxylic acids is 2. The van der Waals surface area contributed by atoms with E-state index in [1.54, 1.807) is 35.4 Å². The molecule has 1 aromatic heterocycles. The highest BCUT2D eigenvalue weighted by atomic mass is 35.5. The highest BCUT2D eigenvalue weighted by molar-refractivity contribution is 7.16. The van der Waals surface area contributed by atoms with E-state index in [0.717, 1.165) is 5.56 Å². The fourth-order valence-corrected chi connectivity index (χ4v) is 3.36. The number of hydrogen-bond acceptors (Lipinski definition) is 4. The Labute approximate surface area is 161 Å². The van der Waals surface area contributed by atoms with E-state index in [1.165, 1.54) is 17.4 Å². The van der Waals surface area contributed by atoms with Crippen LogP contribution in [0.3, 0.4) is 0 Å². The van der Waals surface area contributed by atoms with Gasteiger partial charge in [-0.25, -0.2) is 0 Å². The van der Waals surface area contributed by atoms with Gasteiger partial charge in [-0.1, -0.05) is 29.3 Å². The molecular weight excluding hydrogens is 379 g/mol. The predicted molar refractivity (Wildman–Crippen MR) is 104 cm³/mol. The van der Waals surface area contributed by atoms with Crippen LogP contribution >= 0.6 is 34.5 Å². The number of benzene rings is 1. The predicted octanol–water partition coefficient (Wildman–Crippen LogP) is 4.29. The number of thiophene rings is 1. The van der Waals surface area contributed by atoms with Crippen LogP contribution in [-0.4, -0.2) is 37.2 Å². The molecule has 25 heavy (non-hydrogen) atoms. The van der Waals surface area contributed by atoms with Gasteiger partial charge < -0.3 is 10.2 Å². The van der Waals surface area contributed by atoms with Crippen molar-refractivity contribution in [1.29, 1.82) is 0 Å². The van der Waals surface area contributed by atoms with Crippen LogP contribution < -0.4 is 5.32 Å². The van der Waals surface area contributed by atoms with E-state index < -0.39 is 0 Å². The summed E-state index contributed by atoms with van der Waals surface area (Å²) in [5, 5.41) is 4.00. The summed E-state index contributed by atoms with van der Waals surface area (Å²) in [7, 11) is 3.67. The summed E-state index contributed by atoms with van der Waals surface area (Å²) in [6.07, 6.45) is 3.76. The number of amides is 1. The summed E-state index contributed by atoms with van der Waals surface area (Å²) >= 11 is 13.1. The average molecular weight is 397 g/mol. The second-order valence-electron chi connectivity index (χ2n) is 5.55. The molecule has 0 saturated heterocycles. The van der Waals surface area contributed by atoms with Crippen LogP contribution in [0.25, 0.3) is 0 Å². The van der Waals surface area contributed by atoms with Crippen molar-refractivity contribution < 1.29 is 9.59 Å². The topological polar surface area (TPSA) is 49.4 Å². The van der Waals surface area contributed by atoms with Crippen LogP contribution in [0.1, 0.15) is 24.9 Å². The van der Waals surface area contributed by atoms with E-state index in [9.17, 15) is 9.59 Å². The lowest BCUT2D eigenvalue weighted by Crippen LogP contribution is -2.24. The van der Waals surface area contributed by atoms with E-state index in [0.29, 0.717) is 32.8 Å². The Morgan fingerprint density at radius 1 is 1.16 bits per heavy atom. The van der Waals surface area contributed by atoms with Gasteiger partial charge in [0, 0.05) is 43.0 Å². The number of allylic oxidation sites excluding steroid dienone is 1. The molecule has 2 rings (SSSR count). The standard InChI is InChI=1S/C18H18Cl2N2O2S/c1-22(2)10-8-15(23)16-5-6-17(25-16)18(24)21-9-7-12-3-4-13(19)11-14(12)20/h3-6,8,10-11H,7,9H2,1-2H3,(H,21,24). The molecule has 0 radical (unpaired) electrons. The van der Waals surface area contributed by atoms with Crippen molar-refractivity contribution in [3.8, 4) is 0 Å². The lowest BCUT2D eigenvalue weighted by atomic mass is 10.1. The maximum Gasteiger partial charge on any atom is 0.261 e. The number of carbonyl (C=O) groups is 2. The molecule has 1 amide bonds. The first kappa shape index (κ1) is 19.5. The Balaban J connectivity index is 1.90. The van der Waals surface area contributed by atoms with Crippen molar-refractivity contribution >= 4 is 46.2 Å². The minimum absolute atomic E-state index is 0.120. The molecule has 0 unspecified atom stereocenters. The third-order valence-corrected chi connectivity index (χ3v) is 4.98. The Bertz CT molecular complexity index is 800. The lowest BCUT2D eigenvalue weighted by molar-refractivity contribution is 0.0957. The minimum Gasteiger partial charge on any atom is -0.383 e. The third-order valence-electron chi connectivity index (χ3n) is 3.29. The molecule has 2 aromatic rings. The number of hydrogen-bond donors (Lipinski definition) is 1. The van der Waals surface area contributed by atoms with Gasteiger partial charge in [-0.2, -0.15) is 0 Å². The molecule has 0 aliphatic heterocycles. The van der Waals surface area contributed by atoms with Gasteiger partial charge in [0.15, 0.2) is 5.78 Å². The molecule has 1 aromatic carbocycles. The fraction of sp³-hybridized carbons (Fsp3) is 0.222. The largest absolute Gasteiger partial charge is 0.383 e. The molecular formula is C18H18Cl2N2O2S.